The first-order valence-corrected chi connectivity index (χ1v) is 6.10. The fourth-order valence-electron chi connectivity index (χ4n) is 1.68. The van der Waals surface area contributed by atoms with Crippen LogP contribution in [0.4, 0.5) is 11.4 Å². The van der Waals surface area contributed by atoms with Gasteiger partial charge in [0.2, 0.25) is 0 Å². The van der Waals surface area contributed by atoms with Gasteiger partial charge in [-0.05, 0) is 6.07 Å². The first kappa shape index (κ1) is 15.3. The molecule has 2 rings (SSSR count). The summed E-state index contributed by atoms with van der Waals surface area (Å²) in [6.07, 6.45) is 0.957. The number of carbonyl (C=O) groups excluding carboxylic acids is 2. The van der Waals surface area contributed by atoms with Crippen molar-refractivity contribution in [2.45, 2.75) is 19.6 Å². The summed E-state index contributed by atoms with van der Waals surface area (Å²) < 4.78 is 9.75. The third kappa shape index (κ3) is 3.14. The first-order valence-electron chi connectivity index (χ1n) is 6.10. The number of aromatic hydroxyl groups is 1. The quantitative estimate of drug-likeness (QED) is 0.214. The summed E-state index contributed by atoms with van der Waals surface area (Å²) in [6.45, 7) is 2.80. The lowest BCUT2D eigenvalue weighted by Gasteiger charge is -2.29. The minimum Gasteiger partial charge on any atom is -0.506 e. The van der Waals surface area contributed by atoms with Gasteiger partial charge in [0.1, 0.15) is 5.75 Å². The lowest BCUT2D eigenvalue weighted by Crippen LogP contribution is -2.42. The molecule has 1 saturated heterocycles. The molecule has 1 aliphatic rings. The first-order chi connectivity index (χ1) is 10.2. The zero-order valence-electron chi connectivity index (χ0n) is 11.7. The smallest absolute Gasteiger partial charge is 0.350 e. The molecule has 0 aliphatic carbocycles. The predicted octanol–water partition coefficient (Wildman–Crippen LogP) is 1.43. The second-order valence-electron chi connectivity index (χ2n) is 4.84. The molecule has 0 unspecified atom stereocenters. The van der Waals surface area contributed by atoms with Crippen molar-refractivity contribution < 1.29 is 29.1 Å². The minimum atomic E-state index is -1.36. The summed E-state index contributed by atoms with van der Waals surface area (Å²) in [5.41, 5.74) is -0.744. The van der Waals surface area contributed by atoms with Crippen molar-refractivity contribution in [1.82, 2.24) is 0 Å². The Hall–Kier alpha value is -3.10. The summed E-state index contributed by atoms with van der Waals surface area (Å²) in [4.78, 5) is 33.4. The van der Waals surface area contributed by atoms with Crippen LogP contribution in [0.1, 0.15) is 13.8 Å². The van der Waals surface area contributed by atoms with Gasteiger partial charge in [-0.15, -0.1) is 0 Å². The summed E-state index contributed by atoms with van der Waals surface area (Å²) >= 11 is 0. The summed E-state index contributed by atoms with van der Waals surface area (Å²) in [5.74, 6) is -3.46. The van der Waals surface area contributed by atoms with E-state index in [0.717, 1.165) is 24.4 Å². The third-order valence-electron chi connectivity index (χ3n) is 2.68. The van der Waals surface area contributed by atoms with E-state index in [4.69, 9.17) is 9.47 Å². The normalized spacial score (nSPS) is 16.5. The average molecular weight is 308 g/mol. The van der Waals surface area contributed by atoms with Crippen LogP contribution in [-0.4, -0.2) is 27.8 Å². The highest BCUT2D eigenvalue weighted by atomic mass is 16.7. The number of benzene rings is 1. The fourth-order valence-corrected chi connectivity index (χ4v) is 1.68. The van der Waals surface area contributed by atoms with Crippen molar-refractivity contribution in [3.05, 3.63) is 40.1 Å². The molecular formula is C13H12N2O7. The number of esters is 2. The molecule has 2 N–H and O–H groups in total. The number of phenols is 1. The SMILES string of the molecule is CC1(C)OC(=O)C(=CNc2cc([N+](=O)[O-])ccc2O)C(=O)O1. The van der Waals surface area contributed by atoms with Gasteiger partial charge in [-0.3, -0.25) is 10.1 Å². The molecule has 1 heterocycles. The van der Waals surface area contributed by atoms with Crippen LogP contribution >= 0.6 is 0 Å². The Bertz CT molecular complexity index is 672. The number of hydrogen-bond donors (Lipinski definition) is 2. The summed E-state index contributed by atoms with van der Waals surface area (Å²) in [7, 11) is 0. The number of cyclic esters (lactones) is 2. The second kappa shape index (κ2) is 5.35. The number of phenolic OH excluding ortho intramolecular Hbond substituents is 1. The molecule has 1 fully saturated rings. The van der Waals surface area contributed by atoms with Crippen LogP contribution in [0.25, 0.3) is 0 Å². The van der Waals surface area contributed by atoms with Crippen molar-refractivity contribution in [1.29, 1.82) is 0 Å². The number of rotatable bonds is 3. The van der Waals surface area contributed by atoms with Gasteiger partial charge in [-0.2, -0.15) is 0 Å². The molecular weight excluding hydrogens is 296 g/mol. The van der Waals surface area contributed by atoms with E-state index in [-0.39, 0.29) is 17.1 Å². The van der Waals surface area contributed by atoms with Gasteiger partial charge in [-0.25, -0.2) is 9.59 Å². The zero-order chi connectivity index (χ0) is 16.5. The predicted molar refractivity (Wildman–Crippen MR) is 72.7 cm³/mol. The summed E-state index contributed by atoms with van der Waals surface area (Å²) in [5, 5.41) is 22.7. The maximum absolute atomic E-state index is 11.7. The van der Waals surface area contributed by atoms with Crippen LogP contribution in [0, 0.1) is 10.1 Å². The molecule has 1 aliphatic heterocycles. The van der Waals surface area contributed by atoms with Gasteiger partial charge >= 0.3 is 11.9 Å². The molecule has 0 amide bonds. The number of nitrogens with one attached hydrogen (secondary N) is 1. The van der Waals surface area contributed by atoms with Gasteiger partial charge in [0, 0.05) is 32.2 Å². The van der Waals surface area contributed by atoms with Crippen LogP contribution in [0.15, 0.2) is 30.0 Å². The van der Waals surface area contributed by atoms with Crippen LogP contribution < -0.4 is 5.32 Å². The monoisotopic (exact) mass is 308 g/mol. The van der Waals surface area contributed by atoms with Crippen molar-refractivity contribution in [2.24, 2.45) is 0 Å². The molecule has 0 spiro atoms. The number of hydrogen-bond acceptors (Lipinski definition) is 8. The number of carbonyl (C=O) groups is 2. The van der Waals surface area contributed by atoms with E-state index in [9.17, 15) is 24.8 Å². The van der Waals surface area contributed by atoms with Gasteiger partial charge < -0.3 is 19.9 Å². The van der Waals surface area contributed by atoms with Crippen LogP contribution in [-0.2, 0) is 19.1 Å². The molecule has 0 bridgehead atoms. The fraction of sp³-hybridized carbons (Fsp3) is 0.231. The van der Waals surface area contributed by atoms with Crippen molar-refractivity contribution in [3.8, 4) is 5.75 Å². The van der Waals surface area contributed by atoms with Gasteiger partial charge in [0.25, 0.3) is 11.5 Å². The van der Waals surface area contributed by atoms with E-state index in [0.29, 0.717) is 0 Å². The second-order valence-corrected chi connectivity index (χ2v) is 4.84. The highest BCUT2D eigenvalue weighted by Crippen LogP contribution is 2.29. The summed E-state index contributed by atoms with van der Waals surface area (Å²) in [6, 6.07) is 3.27. The van der Waals surface area contributed by atoms with Crippen molar-refractivity contribution in [3.63, 3.8) is 0 Å². The highest BCUT2D eigenvalue weighted by Gasteiger charge is 2.38. The Kier molecular flexibility index (Phi) is 3.72. The number of ether oxygens (including phenoxy) is 2. The maximum Gasteiger partial charge on any atom is 0.350 e. The van der Waals surface area contributed by atoms with E-state index >= 15 is 0 Å². The minimum absolute atomic E-state index is 0.0490. The van der Waals surface area contributed by atoms with Crippen molar-refractivity contribution in [2.75, 3.05) is 5.32 Å². The topological polar surface area (TPSA) is 128 Å². The van der Waals surface area contributed by atoms with Crippen molar-refractivity contribution >= 4 is 23.3 Å². The number of non-ortho nitro benzene ring substituents is 1. The molecule has 0 atom stereocenters. The highest BCUT2D eigenvalue weighted by molar-refractivity contribution is 6.15. The molecule has 0 aromatic heterocycles. The maximum atomic E-state index is 11.7. The lowest BCUT2D eigenvalue weighted by atomic mass is 10.2. The van der Waals surface area contributed by atoms with Gasteiger partial charge in [-0.1, -0.05) is 0 Å². The molecule has 9 heteroatoms. The lowest BCUT2D eigenvalue weighted by molar-refractivity contribution is -0.384. The standard InChI is InChI=1S/C13H12N2O7/c1-13(2)21-11(17)8(12(18)22-13)6-14-9-5-7(15(19)20)3-4-10(9)16/h3-6,14,16H,1-2H3. The van der Waals surface area contributed by atoms with Crippen LogP contribution in [0.2, 0.25) is 0 Å². The van der Waals surface area contributed by atoms with E-state index < -0.39 is 28.2 Å². The Morgan fingerprint density at radius 1 is 1.27 bits per heavy atom. The molecule has 22 heavy (non-hydrogen) atoms. The van der Waals surface area contributed by atoms with E-state index in [2.05, 4.69) is 5.32 Å². The van der Waals surface area contributed by atoms with Gasteiger partial charge in [0.15, 0.2) is 5.57 Å². The molecule has 1 aromatic rings. The average Bonchev–Trinajstić information content (AvgIpc) is 2.38. The largest absolute Gasteiger partial charge is 0.506 e. The number of nitro benzene ring substituents is 1. The van der Waals surface area contributed by atoms with E-state index in [1.165, 1.54) is 13.8 Å². The van der Waals surface area contributed by atoms with Crippen LogP contribution in [0.3, 0.4) is 0 Å². The van der Waals surface area contributed by atoms with E-state index in [1.807, 2.05) is 0 Å². The third-order valence-corrected chi connectivity index (χ3v) is 2.68. The molecule has 0 saturated carbocycles. The number of anilines is 1. The Labute approximate surface area is 124 Å². The molecule has 1 aromatic carbocycles. The number of nitro groups is 1. The van der Waals surface area contributed by atoms with E-state index in [1.54, 1.807) is 0 Å². The Morgan fingerprint density at radius 3 is 2.41 bits per heavy atom. The van der Waals surface area contributed by atoms with Gasteiger partial charge in [0.05, 0.1) is 10.6 Å². The Morgan fingerprint density at radius 2 is 1.86 bits per heavy atom. The molecule has 0 radical (unpaired) electrons. The number of nitrogens with zero attached hydrogens (tertiary/aromatic N) is 1. The molecule has 116 valence electrons. The Balaban J connectivity index is 2.25. The van der Waals surface area contributed by atoms with Crippen LogP contribution in [0.5, 0.6) is 5.75 Å². The molecule has 9 nitrogen and oxygen atoms in total. The zero-order valence-corrected chi connectivity index (χ0v) is 11.7.